The predicted octanol–water partition coefficient (Wildman–Crippen LogP) is 3.28. The number of hydrogen-bond acceptors (Lipinski definition) is 6. The number of ether oxygens (including phenoxy) is 2. The Hall–Kier alpha value is -0.980. The third-order valence-corrected chi connectivity index (χ3v) is 6.87. The molecule has 6 heteroatoms. The monoisotopic (exact) mass is 363 g/mol. The van der Waals surface area contributed by atoms with Crippen LogP contribution in [0.4, 0.5) is 0 Å². The molecule has 0 unspecified atom stereocenters. The predicted molar refractivity (Wildman–Crippen MR) is 98.3 cm³/mol. The average molecular weight is 364 g/mol. The standard InChI is InChI=1S/C20H33N3O3/c1-24-15-10-20(8-11-23(12-9-20)17-4-2-3-5-17)19-21-18(26-22-19)16-6-13-25-14-7-16/h16-17H,2-15H2,1H3. The Kier molecular flexibility index (Phi) is 5.91. The quantitative estimate of drug-likeness (QED) is 0.773. The fourth-order valence-electron chi connectivity index (χ4n) is 5.03. The van der Waals surface area contributed by atoms with Crippen molar-refractivity contribution in [3.8, 4) is 0 Å². The van der Waals surface area contributed by atoms with Crippen LogP contribution in [0.5, 0.6) is 0 Å². The smallest absolute Gasteiger partial charge is 0.229 e. The van der Waals surface area contributed by atoms with E-state index in [2.05, 4.69) is 10.1 Å². The largest absolute Gasteiger partial charge is 0.385 e. The van der Waals surface area contributed by atoms with E-state index in [-0.39, 0.29) is 5.41 Å². The van der Waals surface area contributed by atoms with Crippen LogP contribution in [-0.2, 0) is 14.9 Å². The first-order chi connectivity index (χ1) is 12.8. The van der Waals surface area contributed by atoms with Crippen LogP contribution in [0.1, 0.15) is 75.4 Å². The Morgan fingerprint density at radius 3 is 2.54 bits per heavy atom. The Bertz CT molecular complexity index is 556. The number of piperidine rings is 1. The lowest BCUT2D eigenvalue weighted by atomic mass is 9.74. The Morgan fingerprint density at radius 2 is 1.85 bits per heavy atom. The Balaban J connectivity index is 1.47. The van der Waals surface area contributed by atoms with Crippen LogP contribution in [0, 0.1) is 0 Å². The molecule has 0 spiro atoms. The molecule has 3 aliphatic rings. The van der Waals surface area contributed by atoms with E-state index >= 15 is 0 Å². The molecule has 2 aliphatic heterocycles. The van der Waals surface area contributed by atoms with Gasteiger partial charge in [-0.25, -0.2) is 0 Å². The summed E-state index contributed by atoms with van der Waals surface area (Å²) in [6, 6.07) is 0.804. The van der Waals surface area contributed by atoms with Crippen molar-refractivity contribution in [1.82, 2.24) is 15.0 Å². The number of aromatic nitrogens is 2. The summed E-state index contributed by atoms with van der Waals surface area (Å²) in [7, 11) is 1.78. The summed E-state index contributed by atoms with van der Waals surface area (Å²) in [4.78, 5) is 7.60. The minimum Gasteiger partial charge on any atom is -0.385 e. The number of hydrogen-bond donors (Lipinski definition) is 0. The zero-order valence-electron chi connectivity index (χ0n) is 16.1. The van der Waals surface area contributed by atoms with Gasteiger partial charge in [0.25, 0.3) is 0 Å². The molecule has 0 amide bonds. The maximum atomic E-state index is 5.72. The second-order valence-electron chi connectivity index (χ2n) is 8.34. The minimum absolute atomic E-state index is 0.0119. The van der Waals surface area contributed by atoms with E-state index in [1.54, 1.807) is 7.11 Å². The zero-order chi connectivity index (χ0) is 17.8. The summed E-state index contributed by atoms with van der Waals surface area (Å²) in [6.07, 6.45) is 10.7. The van der Waals surface area contributed by atoms with Crippen LogP contribution in [0.25, 0.3) is 0 Å². The lowest BCUT2D eigenvalue weighted by Crippen LogP contribution is -2.47. The molecule has 0 aromatic carbocycles. The van der Waals surface area contributed by atoms with Gasteiger partial charge in [-0.2, -0.15) is 4.98 Å². The summed E-state index contributed by atoms with van der Waals surface area (Å²) < 4.78 is 16.6. The number of likely N-dealkylation sites (tertiary alicyclic amines) is 1. The molecule has 3 heterocycles. The zero-order valence-corrected chi connectivity index (χ0v) is 16.1. The molecule has 6 nitrogen and oxygen atoms in total. The van der Waals surface area contributed by atoms with Gasteiger partial charge in [0.2, 0.25) is 5.89 Å². The molecule has 1 saturated carbocycles. The van der Waals surface area contributed by atoms with Gasteiger partial charge in [0, 0.05) is 44.3 Å². The molecule has 146 valence electrons. The highest BCUT2D eigenvalue weighted by Gasteiger charge is 2.42. The number of rotatable bonds is 6. The van der Waals surface area contributed by atoms with Crippen LogP contribution in [0.3, 0.4) is 0 Å². The molecule has 0 N–H and O–H groups in total. The Morgan fingerprint density at radius 1 is 1.12 bits per heavy atom. The van der Waals surface area contributed by atoms with Crippen LogP contribution in [-0.4, -0.2) is 61.1 Å². The lowest BCUT2D eigenvalue weighted by molar-refractivity contribution is 0.0777. The van der Waals surface area contributed by atoms with Gasteiger partial charge < -0.3 is 18.9 Å². The first-order valence-electron chi connectivity index (χ1n) is 10.5. The van der Waals surface area contributed by atoms with E-state index in [0.717, 1.165) is 82.8 Å². The molecular formula is C20H33N3O3. The molecule has 2 saturated heterocycles. The van der Waals surface area contributed by atoms with Gasteiger partial charge >= 0.3 is 0 Å². The number of nitrogens with zero attached hydrogens (tertiary/aromatic N) is 3. The summed E-state index contributed by atoms with van der Waals surface area (Å²) in [5.74, 6) is 2.10. The van der Waals surface area contributed by atoms with E-state index in [1.165, 1.54) is 25.7 Å². The van der Waals surface area contributed by atoms with Gasteiger partial charge in [-0.1, -0.05) is 18.0 Å². The second kappa shape index (κ2) is 8.36. The number of methoxy groups -OCH3 is 1. The van der Waals surface area contributed by atoms with E-state index < -0.39 is 0 Å². The van der Waals surface area contributed by atoms with Crippen LogP contribution in [0.15, 0.2) is 4.52 Å². The van der Waals surface area contributed by atoms with E-state index in [1.807, 2.05) is 0 Å². The summed E-state index contributed by atoms with van der Waals surface area (Å²) in [5.41, 5.74) is 0.0119. The van der Waals surface area contributed by atoms with E-state index in [9.17, 15) is 0 Å². The van der Waals surface area contributed by atoms with Crippen LogP contribution < -0.4 is 0 Å². The molecule has 0 atom stereocenters. The minimum atomic E-state index is 0.0119. The van der Waals surface area contributed by atoms with Gasteiger partial charge in [-0.05, 0) is 58.0 Å². The highest BCUT2D eigenvalue weighted by molar-refractivity contribution is 5.11. The molecule has 4 rings (SSSR count). The van der Waals surface area contributed by atoms with Crippen molar-refractivity contribution in [3.63, 3.8) is 0 Å². The van der Waals surface area contributed by atoms with Crippen molar-refractivity contribution < 1.29 is 14.0 Å². The van der Waals surface area contributed by atoms with Gasteiger partial charge in [0.05, 0.1) is 0 Å². The maximum Gasteiger partial charge on any atom is 0.229 e. The molecule has 0 bridgehead atoms. The fourth-order valence-corrected chi connectivity index (χ4v) is 5.03. The fraction of sp³-hybridized carbons (Fsp3) is 0.900. The molecule has 1 aliphatic carbocycles. The maximum absolute atomic E-state index is 5.72. The molecule has 1 aromatic heterocycles. The average Bonchev–Trinajstić information content (AvgIpc) is 3.40. The van der Waals surface area contributed by atoms with E-state index in [0.29, 0.717) is 5.92 Å². The van der Waals surface area contributed by atoms with Gasteiger partial charge in [-0.3, -0.25) is 0 Å². The molecule has 26 heavy (non-hydrogen) atoms. The van der Waals surface area contributed by atoms with Gasteiger partial charge in [0.15, 0.2) is 5.82 Å². The van der Waals surface area contributed by atoms with Crippen molar-refractivity contribution in [2.24, 2.45) is 0 Å². The van der Waals surface area contributed by atoms with Crippen molar-refractivity contribution >= 4 is 0 Å². The molecule has 3 fully saturated rings. The highest BCUT2D eigenvalue weighted by atomic mass is 16.5. The lowest BCUT2D eigenvalue weighted by Gasteiger charge is -2.42. The molecular weight excluding hydrogens is 330 g/mol. The van der Waals surface area contributed by atoms with Gasteiger partial charge in [-0.15, -0.1) is 0 Å². The SMILES string of the molecule is COCCC1(c2noc(C3CCOCC3)n2)CCN(C2CCCC2)CC1. The van der Waals surface area contributed by atoms with Crippen molar-refractivity contribution in [3.05, 3.63) is 11.7 Å². The third kappa shape index (κ3) is 3.82. The molecule has 1 aromatic rings. The third-order valence-electron chi connectivity index (χ3n) is 6.87. The second-order valence-corrected chi connectivity index (χ2v) is 8.34. The van der Waals surface area contributed by atoms with Crippen LogP contribution >= 0.6 is 0 Å². The summed E-state index contributed by atoms with van der Waals surface area (Å²) in [5, 5.41) is 4.46. The highest BCUT2D eigenvalue weighted by Crippen LogP contribution is 2.40. The first kappa shape index (κ1) is 18.4. The van der Waals surface area contributed by atoms with Crippen molar-refractivity contribution in [2.45, 2.75) is 75.2 Å². The van der Waals surface area contributed by atoms with Crippen molar-refractivity contribution in [1.29, 1.82) is 0 Å². The summed E-state index contributed by atoms with van der Waals surface area (Å²) >= 11 is 0. The summed E-state index contributed by atoms with van der Waals surface area (Å²) in [6.45, 7) is 4.65. The van der Waals surface area contributed by atoms with E-state index in [4.69, 9.17) is 19.0 Å². The first-order valence-corrected chi connectivity index (χ1v) is 10.5. The topological polar surface area (TPSA) is 60.6 Å². The normalized spacial score (nSPS) is 25.7. The molecule has 0 radical (unpaired) electrons. The van der Waals surface area contributed by atoms with Crippen LogP contribution in [0.2, 0.25) is 0 Å². The Labute approximate surface area is 156 Å². The van der Waals surface area contributed by atoms with Crippen molar-refractivity contribution in [2.75, 3.05) is 40.0 Å². The van der Waals surface area contributed by atoms with Gasteiger partial charge in [0.1, 0.15) is 0 Å².